The van der Waals surface area contributed by atoms with Crippen molar-refractivity contribution in [3.8, 4) is 0 Å². The van der Waals surface area contributed by atoms with Crippen LogP contribution in [-0.4, -0.2) is 34.6 Å². The van der Waals surface area contributed by atoms with Gasteiger partial charge in [-0.3, -0.25) is 4.79 Å². The molecule has 0 fully saturated rings. The summed E-state index contributed by atoms with van der Waals surface area (Å²) in [6.07, 6.45) is -3.95. The molecule has 1 amide bonds. The number of amides is 1. The van der Waals surface area contributed by atoms with Gasteiger partial charge < -0.3 is 10.2 Å². The Bertz CT molecular complexity index is 551. The zero-order valence-electron chi connectivity index (χ0n) is 8.86. The number of hydrogen-bond donors (Lipinski definition) is 1. The summed E-state index contributed by atoms with van der Waals surface area (Å²) >= 11 is 2.94. The Morgan fingerprint density at radius 1 is 1.53 bits per heavy atom. The van der Waals surface area contributed by atoms with Gasteiger partial charge in [0.1, 0.15) is 4.60 Å². The van der Waals surface area contributed by atoms with E-state index in [1.54, 1.807) is 0 Å². The first kappa shape index (κ1) is 13.5. The second-order valence-corrected chi connectivity index (χ2v) is 4.10. The number of rotatable bonds is 1. The third-order valence-electron chi connectivity index (χ3n) is 1.96. The molecule has 1 aromatic rings. The fourth-order valence-corrected chi connectivity index (χ4v) is 1.47. The van der Waals surface area contributed by atoms with E-state index in [9.17, 15) is 22.8 Å². The van der Waals surface area contributed by atoms with E-state index in [0.717, 1.165) is 0 Å². The molecule has 19 heavy (non-hydrogen) atoms. The van der Waals surface area contributed by atoms with Crippen LogP contribution in [0.15, 0.2) is 10.8 Å². The van der Waals surface area contributed by atoms with E-state index in [4.69, 9.17) is 0 Å². The molecule has 0 unspecified atom stereocenters. The maximum absolute atomic E-state index is 12.1. The first-order valence-corrected chi connectivity index (χ1v) is 5.47. The normalized spacial score (nSPS) is 14.7. The minimum Gasteiger partial charge on any atom is -0.358 e. The van der Waals surface area contributed by atoms with Gasteiger partial charge in [0.15, 0.2) is 5.82 Å². The van der Waals surface area contributed by atoms with Gasteiger partial charge in [-0.25, -0.2) is 14.8 Å². The molecule has 1 aliphatic rings. The van der Waals surface area contributed by atoms with Crippen molar-refractivity contribution in [2.45, 2.75) is 6.18 Å². The third-order valence-corrected chi connectivity index (χ3v) is 2.34. The number of nitrogens with one attached hydrogen (secondary N) is 1. The molecule has 1 aromatic heterocycles. The number of halogens is 4. The van der Waals surface area contributed by atoms with Crippen molar-refractivity contribution in [2.75, 3.05) is 16.9 Å². The van der Waals surface area contributed by atoms with E-state index in [1.807, 2.05) is 0 Å². The number of nitrogens with zero attached hydrogens (tertiary/aromatic N) is 3. The molecule has 11 heteroatoms. The Labute approximate surface area is 111 Å². The Kier molecular flexibility index (Phi) is 3.30. The maximum atomic E-state index is 12.1. The fourth-order valence-electron chi connectivity index (χ4n) is 1.20. The number of carbonyl (C=O) groups excluding carboxylic acids is 2. The predicted octanol–water partition coefficient (Wildman–Crippen LogP) is 1.02. The highest BCUT2D eigenvalue weighted by molar-refractivity contribution is 9.10. The lowest BCUT2D eigenvalue weighted by Gasteiger charge is -2.26. The molecular formula is C8H4BrF3N4O3. The predicted molar refractivity (Wildman–Crippen MR) is 57.9 cm³/mol. The lowest BCUT2D eigenvalue weighted by Crippen LogP contribution is -2.44. The highest BCUT2D eigenvalue weighted by Crippen LogP contribution is 2.28. The molecule has 0 atom stereocenters. The zero-order valence-corrected chi connectivity index (χ0v) is 10.4. The van der Waals surface area contributed by atoms with Crippen LogP contribution in [0.3, 0.4) is 0 Å². The lowest BCUT2D eigenvalue weighted by atomic mass is 10.4. The van der Waals surface area contributed by atoms with E-state index in [-0.39, 0.29) is 27.8 Å². The summed E-state index contributed by atoms with van der Waals surface area (Å²) in [5.41, 5.74) is 0. The molecule has 2 heterocycles. The van der Waals surface area contributed by atoms with Gasteiger partial charge >= 0.3 is 12.1 Å². The topological polar surface area (TPSA) is 84.4 Å². The summed E-state index contributed by atoms with van der Waals surface area (Å²) in [5, 5.41) is 2.69. The summed E-state index contributed by atoms with van der Waals surface area (Å²) in [7, 11) is 0. The van der Waals surface area contributed by atoms with Crippen LogP contribution in [0.1, 0.15) is 0 Å². The van der Waals surface area contributed by atoms with Gasteiger partial charge in [0.05, 0.1) is 12.7 Å². The van der Waals surface area contributed by atoms with E-state index in [2.05, 4.69) is 36.1 Å². The fraction of sp³-hybridized carbons (Fsp3) is 0.250. The third kappa shape index (κ3) is 2.75. The molecular weight excluding hydrogens is 337 g/mol. The molecule has 0 spiro atoms. The van der Waals surface area contributed by atoms with Crippen LogP contribution >= 0.6 is 15.9 Å². The first-order chi connectivity index (χ1) is 8.79. The highest BCUT2D eigenvalue weighted by Gasteiger charge is 2.44. The van der Waals surface area contributed by atoms with Crippen LogP contribution in [0.25, 0.3) is 0 Å². The van der Waals surface area contributed by atoms with Gasteiger partial charge in [-0.15, -0.1) is 5.06 Å². The van der Waals surface area contributed by atoms with E-state index >= 15 is 0 Å². The Hall–Kier alpha value is -1.91. The molecule has 7 nitrogen and oxygen atoms in total. The summed E-state index contributed by atoms with van der Waals surface area (Å²) < 4.78 is 36.5. The number of aromatic nitrogens is 2. The molecule has 0 saturated carbocycles. The Balaban J connectivity index is 2.33. The standard InChI is InChI=1S/C8H4BrF3N4O3/c9-3-1-13-5-6(15-3)16(4(17)2-14-5)19-7(18)8(10,11)12/h1H,2H2,(H,13,14). The van der Waals surface area contributed by atoms with Gasteiger partial charge in [-0.2, -0.15) is 13.2 Å². The van der Waals surface area contributed by atoms with Crippen molar-refractivity contribution in [1.82, 2.24) is 9.97 Å². The quantitative estimate of drug-likeness (QED) is 0.821. The average molecular weight is 341 g/mol. The van der Waals surface area contributed by atoms with Crippen molar-refractivity contribution in [3.05, 3.63) is 10.8 Å². The van der Waals surface area contributed by atoms with Crippen LogP contribution in [0.4, 0.5) is 24.8 Å². The van der Waals surface area contributed by atoms with Gasteiger partial charge in [-0.05, 0) is 15.9 Å². The van der Waals surface area contributed by atoms with Crippen LogP contribution in [0.5, 0.6) is 0 Å². The van der Waals surface area contributed by atoms with E-state index in [0.29, 0.717) is 0 Å². The van der Waals surface area contributed by atoms with Crippen LogP contribution in [0, 0.1) is 0 Å². The Morgan fingerprint density at radius 3 is 2.84 bits per heavy atom. The van der Waals surface area contributed by atoms with E-state index in [1.165, 1.54) is 6.20 Å². The molecule has 0 saturated heterocycles. The molecule has 0 radical (unpaired) electrons. The highest BCUT2D eigenvalue weighted by atomic mass is 79.9. The molecule has 0 bridgehead atoms. The second-order valence-electron chi connectivity index (χ2n) is 3.28. The molecule has 0 aromatic carbocycles. The van der Waals surface area contributed by atoms with Crippen molar-refractivity contribution in [3.63, 3.8) is 0 Å². The minimum absolute atomic E-state index is 0.0257. The van der Waals surface area contributed by atoms with Crippen molar-refractivity contribution >= 4 is 39.4 Å². The summed E-state index contributed by atoms with van der Waals surface area (Å²) in [4.78, 5) is 33.7. The molecule has 102 valence electrons. The van der Waals surface area contributed by atoms with Crippen LogP contribution < -0.4 is 10.4 Å². The number of fused-ring (bicyclic) bond motifs is 1. The van der Waals surface area contributed by atoms with Gasteiger partial charge in [0, 0.05) is 0 Å². The van der Waals surface area contributed by atoms with Gasteiger partial charge in [0.25, 0.3) is 5.91 Å². The molecule has 2 rings (SSSR count). The summed E-state index contributed by atoms with van der Waals surface area (Å²) in [5.74, 6) is -3.73. The Morgan fingerprint density at radius 2 is 2.21 bits per heavy atom. The number of alkyl halides is 3. The number of carbonyl (C=O) groups is 2. The van der Waals surface area contributed by atoms with Crippen LogP contribution in [-0.2, 0) is 14.4 Å². The average Bonchev–Trinajstić information content (AvgIpc) is 2.31. The number of anilines is 2. The molecule has 0 aliphatic carbocycles. The maximum Gasteiger partial charge on any atom is 0.493 e. The smallest absolute Gasteiger partial charge is 0.358 e. The van der Waals surface area contributed by atoms with Crippen molar-refractivity contribution < 1.29 is 27.6 Å². The lowest BCUT2D eigenvalue weighted by molar-refractivity contribution is -0.201. The summed E-state index contributed by atoms with van der Waals surface area (Å²) in [6, 6.07) is 0. The van der Waals surface area contributed by atoms with E-state index < -0.39 is 18.1 Å². The molecule has 1 aliphatic heterocycles. The zero-order chi connectivity index (χ0) is 14.2. The van der Waals surface area contributed by atoms with Gasteiger partial charge in [-0.1, -0.05) is 0 Å². The van der Waals surface area contributed by atoms with Crippen LogP contribution in [0.2, 0.25) is 0 Å². The monoisotopic (exact) mass is 340 g/mol. The second kappa shape index (κ2) is 4.64. The molecule has 1 N–H and O–H groups in total. The SMILES string of the molecule is O=C1CNc2ncc(Br)nc2N1OC(=O)C(F)(F)F. The minimum atomic E-state index is -5.22. The van der Waals surface area contributed by atoms with Crippen molar-refractivity contribution in [1.29, 1.82) is 0 Å². The number of hydroxylamine groups is 1. The number of hydrogen-bond acceptors (Lipinski definition) is 6. The summed E-state index contributed by atoms with van der Waals surface area (Å²) in [6.45, 7) is -0.367. The largest absolute Gasteiger partial charge is 0.493 e. The van der Waals surface area contributed by atoms with Gasteiger partial charge in [0.2, 0.25) is 5.82 Å². The first-order valence-electron chi connectivity index (χ1n) is 4.67. The van der Waals surface area contributed by atoms with Crippen molar-refractivity contribution in [2.24, 2.45) is 0 Å².